The fourth-order valence-corrected chi connectivity index (χ4v) is 3.70. The summed E-state index contributed by atoms with van der Waals surface area (Å²) in [5, 5.41) is 6.23. The summed E-state index contributed by atoms with van der Waals surface area (Å²) in [6.45, 7) is 0.856. The smallest absolute Gasteiger partial charge is 0.238 e. The molecule has 2 fully saturated rings. The summed E-state index contributed by atoms with van der Waals surface area (Å²) in [6.07, 6.45) is 9.54. The molecule has 1 saturated heterocycles. The highest BCUT2D eigenvalue weighted by atomic mass is 32.2. The van der Waals surface area contributed by atoms with E-state index in [1.807, 2.05) is 0 Å². The molecular formula is C13H24N2OS. The lowest BCUT2D eigenvalue weighted by Gasteiger charge is -2.11. The van der Waals surface area contributed by atoms with Crippen molar-refractivity contribution in [2.24, 2.45) is 5.92 Å². The molecule has 1 saturated carbocycles. The maximum Gasteiger partial charge on any atom is 0.238 e. The molecule has 3 nitrogen and oxygen atoms in total. The Morgan fingerprint density at radius 3 is 2.82 bits per heavy atom. The fourth-order valence-electron chi connectivity index (χ4n) is 2.76. The molecule has 1 aliphatic heterocycles. The lowest BCUT2D eigenvalue weighted by atomic mass is 10.0. The van der Waals surface area contributed by atoms with Gasteiger partial charge >= 0.3 is 0 Å². The van der Waals surface area contributed by atoms with Crippen LogP contribution in [0.15, 0.2) is 0 Å². The molecule has 1 atom stereocenters. The fraction of sp³-hybridized carbons (Fsp3) is 0.923. The van der Waals surface area contributed by atoms with E-state index in [9.17, 15) is 4.79 Å². The summed E-state index contributed by atoms with van der Waals surface area (Å²) < 4.78 is 0. The highest BCUT2D eigenvalue weighted by Crippen LogP contribution is 2.28. The van der Waals surface area contributed by atoms with Crippen molar-refractivity contribution in [2.45, 2.75) is 51.0 Å². The Hall–Kier alpha value is -0.220. The van der Waals surface area contributed by atoms with Crippen LogP contribution in [0.4, 0.5) is 0 Å². The molecule has 1 amide bonds. The van der Waals surface area contributed by atoms with E-state index in [1.165, 1.54) is 38.5 Å². The maximum atomic E-state index is 11.7. The van der Waals surface area contributed by atoms with Gasteiger partial charge in [0.25, 0.3) is 0 Å². The van der Waals surface area contributed by atoms with Gasteiger partial charge in [0.05, 0.1) is 6.04 Å². The van der Waals surface area contributed by atoms with E-state index in [1.54, 1.807) is 11.8 Å². The van der Waals surface area contributed by atoms with Crippen molar-refractivity contribution in [3.63, 3.8) is 0 Å². The summed E-state index contributed by atoms with van der Waals surface area (Å²) in [5.74, 6) is 3.02. The molecule has 1 aliphatic carbocycles. The van der Waals surface area contributed by atoms with E-state index in [4.69, 9.17) is 0 Å². The molecule has 2 N–H and O–H groups in total. The first kappa shape index (κ1) is 13.2. The molecule has 0 radical (unpaired) electrons. The summed E-state index contributed by atoms with van der Waals surface area (Å²) >= 11 is 1.80. The third-order valence-corrected chi connectivity index (χ3v) is 4.79. The van der Waals surface area contributed by atoms with Crippen molar-refractivity contribution in [3.05, 3.63) is 0 Å². The first-order valence-corrected chi connectivity index (χ1v) is 8.10. The van der Waals surface area contributed by atoms with Gasteiger partial charge in [0.2, 0.25) is 5.91 Å². The molecule has 2 rings (SSSR count). The average Bonchev–Trinajstić information content (AvgIpc) is 3.01. The van der Waals surface area contributed by atoms with Gasteiger partial charge in [-0.15, -0.1) is 11.8 Å². The third kappa shape index (κ3) is 4.51. The zero-order valence-electron chi connectivity index (χ0n) is 10.5. The molecule has 0 bridgehead atoms. The predicted octanol–water partition coefficient (Wildman–Crippen LogP) is 2.13. The van der Waals surface area contributed by atoms with E-state index >= 15 is 0 Å². The van der Waals surface area contributed by atoms with Crippen LogP contribution in [0.3, 0.4) is 0 Å². The normalized spacial score (nSPS) is 25.3. The quantitative estimate of drug-likeness (QED) is 0.715. The van der Waals surface area contributed by atoms with Crippen molar-refractivity contribution in [2.75, 3.05) is 18.2 Å². The van der Waals surface area contributed by atoms with Crippen LogP contribution in [0.1, 0.15) is 44.9 Å². The number of thioether (sulfide) groups is 1. The minimum Gasteiger partial charge on any atom is -0.355 e. The van der Waals surface area contributed by atoms with Gasteiger partial charge in [-0.25, -0.2) is 0 Å². The molecule has 17 heavy (non-hydrogen) atoms. The number of nitrogens with one attached hydrogen (secondary N) is 2. The Labute approximate surface area is 108 Å². The van der Waals surface area contributed by atoms with Crippen LogP contribution >= 0.6 is 11.8 Å². The largest absolute Gasteiger partial charge is 0.355 e. The van der Waals surface area contributed by atoms with Crippen molar-refractivity contribution in [3.8, 4) is 0 Å². The predicted molar refractivity (Wildman–Crippen MR) is 73.1 cm³/mol. The zero-order chi connectivity index (χ0) is 11.9. The highest BCUT2D eigenvalue weighted by molar-refractivity contribution is 7.99. The molecule has 98 valence electrons. The topological polar surface area (TPSA) is 41.1 Å². The number of hydrogen-bond acceptors (Lipinski definition) is 3. The first-order chi connectivity index (χ1) is 8.36. The van der Waals surface area contributed by atoms with Crippen molar-refractivity contribution in [1.82, 2.24) is 10.6 Å². The van der Waals surface area contributed by atoms with Crippen molar-refractivity contribution in [1.29, 1.82) is 0 Å². The molecule has 1 unspecified atom stereocenters. The van der Waals surface area contributed by atoms with Gasteiger partial charge in [0, 0.05) is 18.2 Å². The summed E-state index contributed by atoms with van der Waals surface area (Å²) in [5.41, 5.74) is 0. The number of amides is 1. The lowest BCUT2D eigenvalue weighted by molar-refractivity contribution is -0.122. The number of hydrogen-bond donors (Lipinski definition) is 2. The van der Waals surface area contributed by atoms with Gasteiger partial charge in [-0.05, 0) is 12.3 Å². The molecule has 0 aromatic heterocycles. The van der Waals surface area contributed by atoms with Crippen molar-refractivity contribution >= 4 is 17.7 Å². The van der Waals surface area contributed by atoms with E-state index < -0.39 is 0 Å². The Bertz CT molecular complexity index is 236. The second kappa shape index (κ2) is 7.27. The van der Waals surface area contributed by atoms with Gasteiger partial charge in [0.15, 0.2) is 0 Å². The lowest BCUT2D eigenvalue weighted by Crippen LogP contribution is -2.42. The molecule has 0 spiro atoms. The van der Waals surface area contributed by atoms with Crippen LogP contribution in [-0.2, 0) is 4.79 Å². The monoisotopic (exact) mass is 256 g/mol. The molecule has 4 heteroatoms. The summed E-state index contributed by atoms with van der Waals surface area (Å²) in [4.78, 5) is 11.7. The average molecular weight is 256 g/mol. The number of carbonyl (C=O) groups excluding carboxylic acids is 1. The van der Waals surface area contributed by atoms with Gasteiger partial charge in [-0.3, -0.25) is 10.1 Å². The second-order valence-corrected chi connectivity index (χ2v) is 6.24. The second-order valence-electron chi connectivity index (χ2n) is 5.21. The number of rotatable bonds is 6. The van der Waals surface area contributed by atoms with Crippen molar-refractivity contribution < 1.29 is 4.79 Å². The van der Waals surface area contributed by atoms with E-state index in [0.717, 1.165) is 30.5 Å². The van der Waals surface area contributed by atoms with E-state index in [2.05, 4.69) is 10.6 Å². The Kier molecular flexibility index (Phi) is 5.65. The van der Waals surface area contributed by atoms with Crippen LogP contribution in [-0.4, -0.2) is 30.1 Å². The van der Waals surface area contributed by atoms with Gasteiger partial charge < -0.3 is 5.32 Å². The minimum atomic E-state index is 0.0508. The van der Waals surface area contributed by atoms with Crippen LogP contribution in [0, 0.1) is 5.92 Å². The standard InChI is InChI=1S/C13H24N2OS/c16-13(12-9-17-10-15-12)14-8-4-3-7-11-5-1-2-6-11/h11-12,15H,1-10H2,(H,14,16). The van der Waals surface area contributed by atoms with Crippen LogP contribution in [0.2, 0.25) is 0 Å². The van der Waals surface area contributed by atoms with E-state index in [0.29, 0.717) is 0 Å². The van der Waals surface area contributed by atoms with Gasteiger partial charge in [-0.2, -0.15) is 0 Å². The minimum absolute atomic E-state index is 0.0508. The van der Waals surface area contributed by atoms with Crippen LogP contribution < -0.4 is 10.6 Å². The third-order valence-electron chi connectivity index (χ3n) is 3.85. The summed E-state index contributed by atoms with van der Waals surface area (Å²) in [6, 6.07) is 0.0508. The molecule has 1 heterocycles. The van der Waals surface area contributed by atoms with E-state index in [-0.39, 0.29) is 11.9 Å². The molecule has 0 aromatic rings. The van der Waals surface area contributed by atoms with Crippen LogP contribution in [0.25, 0.3) is 0 Å². The zero-order valence-corrected chi connectivity index (χ0v) is 11.4. The molecular weight excluding hydrogens is 232 g/mol. The first-order valence-electron chi connectivity index (χ1n) is 6.95. The van der Waals surface area contributed by atoms with Gasteiger partial charge in [0.1, 0.15) is 0 Å². The Balaban J connectivity index is 1.46. The number of carbonyl (C=O) groups is 1. The number of unbranched alkanes of at least 4 members (excludes halogenated alkanes) is 1. The highest BCUT2D eigenvalue weighted by Gasteiger charge is 2.21. The van der Waals surface area contributed by atoms with Crippen LogP contribution in [0.5, 0.6) is 0 Å². The Morgan fingerprint density at radius 2 is 2.12 bits per heavy atom. The maximum absolute atomic E-state index is 11.7. The molecule has 2 aliphatic rings. The molecule has 0 aromatic carbocycles. The van der Waals surface area contributed by atoms with Gasteiger partial charge in [-0.1, -0.05) is 38.5 Å². The Morgan fingerprint density at radius 1 is 1.29 bits per heavy atom. The summed E-state index contributed by atoms with van der Waals surface area (Å²) in [7, 11) is 0. The SMILES string of the molecule is O=C(NCCCCC1CCCC1)C1CSCN1.